The Morgan fingerprint density at radius 2 is 1.63 bits per heavy atom. The van der Waals surface area contributed by atoms with Gasteiger partial charge >= 0.3 is 6.03 Å². The highest BCUT2D eigenvalue weighted by atomic mass is 35.5. The molecule has 1 saturated carbocycles. The van der Waals surface area contributed by atoms with Crippen LogP contribution in [0, 0.1) is 24.7 Å². The van der Waals surface area contributed by atoms with Crippen molar-refractivity contribution >= 4 is 80.7 Å². The van der Waals surface area contributed by atoms with E-state index in [0.717, 1.165) is 122 Å². The number of methoxy groups -OCH3 is 1. The third-order valence-corrected chi connectivity index (χ3v) is 17.1. The predicted molar refractivity (Wildman–Crippen MR) is 290 cm³/mol. The van der Waals surface area contributed by atoms with Crippen molar-refractivity contribution in [1.29, 1.82) is 0 Å². The molecule has 1 atom stereocenters. The first-order valence-electron chi connectivity index (χ1n) is 25.9. The highest BCUT2D eigenvalue weighted by Gasteiger charge is 2.34. The number of carbonyl (C=O) groups is 4. The lowest BCUT2D eigenvalue weighted by Gasteiger charge is -2.36. The third kappa shape index (κ3) is 12.3. The number of piperidine rings is 2. The summed E-state index contributed by atoms with van der Waals surface area (Å²) < 4.78 is 12.2. The number of rotatable bonds is 16. The minimum Gasteiger partial charge on any atom is -0.496 e. The highest BCUT2D eigenvalue weighted by Crippen LogP contribution is 2.44. The average Bonchev–Trinajstić information content (AvgIpc) is 3.88. The molecule has 0 bridgehead atoms. The normalized spacial score (nSPS) is 19.6. The molecule has 5 aromatic rings. The molecule has 3 saturated heterocycles. The van der Waals surface area contributed by atoms with Crippen LogP contribution in [0.1, 0.15) is 115 Å². The van der Waals surface area contributed by atoms with Crippen LogP contribution in [-0.2, 0) is 20.9 Å². The summed E-state index contributed by atoms with van der Waals surface area (Å²) in [5, 5.41) is 10.3. The van der Waals surface area contributed by atoms with E-state index in [-0.39, 0.29) is 42.7 Å². The number of imide groups is 1. The van der Waals surface area contributed by atoms with Crippen LogP contribution in [0.25, 0.3) is 22.0 Å². The monoisotopic (exact) mass is 1050 g/mol. The number of aryl methyl sites for hydroxylation is 1. The molecule has 3 aromatic carbocycles. The van der Waals surface area contributed by atoms with E-state index in [0.29, 0.717) is 66.1 Å². The van der Waals surface area contributed by atoms with Crippen molar-refractivity contribution < 1.29 is 28.7 Å². The van der Waals surface area contributed by atoms with Gasteiger partial charge < -0.3 is 29.5 Å². The zero-order valence-electron chi connectivity index (χ0n) is 42.7. The molecule has 0 unspecified atom stereocenters. The number of halogens is 2. The van der Waals surface area contributed by atoms with Gasteiger partial charge in [0.05, 0.1) is 29.4 Å². The number of hydrogen-bond donors (Lipinski definition) is 2. The molecule has 2 N–H and O–H groups in total. The number of nitrogens with zero attached hydrogens (tertiary/aromatic N) is 6. The second kappa shape index (κ2) is 23.5. The first-order valence-corrected chi connectivity index (χ1v) is 27.6. The van der Waals surface area contributed by atoms with Gasteiger partial charge in [-0.2, -0.15) is 0 Å². The summed E-state index contributed by atoms with van der Waals surface area (Å²) in [6, 6.07) is 17.0. The van der Waals surface area contributed by atoms with Gasteiger partial charge in [-0.05, 0) is 162 Å². The maximum atomic E-state index is 13.9. The lowest BCUT2D eigenvalue weighted by molar-refractivity contribution is -0.138. The smallest absolute Gasteiger partial charge is 0.328 e. The van der Waals surface area contributed by atoms with Gasteiger partial charge in [-0.25, -0.2) is 14.8 Å². The standard InChI is InChI=1S/C56H68Cl2N8O6S/c1-34(50-28-42(33-73-50)52-41(31-63(3)4)7-6-8-46(52)58)59-53-44-29-43(49(71-5)30-47(44)60-35(2)61-53)38-9-11-39(12-10-38)54(68)64-21-15-36(16-22-64)20-26-72-32-37-17-23-65(24-18-37)55(69)40-13-14-45(57)48(27-40)66-25-19-51(67)62-56(66)70/h6-8,13-14,27-30,33-34,36-39H,9-12,15-26,31-32H2,1-5H3,(H,59,60,61)(H,62,67,70)/t34-,38?,39?/m1/s1. The molecule has 5 amide bonds. The summed E-state index contributed by atoms with van der Waals surface area (Å²) in [6.07, 6.45) is 8.40. The molecule has 3 aliphatic heterocycles. The van der Waals surface area contributed by atoms with Crippen molar-refractivity contribution in [2.45, 2.75) is 96.6 Å². The topological polar surface area (TPSA) is 150 Å². The van der Waals surface area contributed by atoms with Gasteiger partial charge in [0.1, 0.15) is 17.4 Å². The van der Waals surface area contributed by atoms with Crippen LogP contribution in [0.5, 0.6) is 5.75 Å². The molecule has 73 heavy (non-hydrogen) atoms. The quantitative estimate of drug-likeness (QED) is 0.0915. The summed E-state index contributed by atoms with van der Waals surface area (Å²) in [5.41, 5.74) is 6.26. The van der Waals surface area contributed by atoms with Crippen LogP contribution >= 0.6 is 34.5 Å². The van der Waals surface area contributed by atoms with Gasteiger partial charge in [0, 0.05) is 97.3 Å². The van der Waals surface area contributed by atoms with Crippen LogP contribution in [0.4, 0.5) is 16.3 Å². The van der Waals surface area contributed by atoms with Crippen molar-refractivity contribution in [3.05, 3.63) is 97.4 Å². The number of anilines is 2. The summed E-state index contributed by atoms with van der Waals surface area (Å²) in [5.74, 6) is 3.41. The van der Waals surface area contributed by atoms with Gasteiger partial charge in [-0.15, -0.1) is 11.3 Å². The van der Waals surface area contributed by atoms with Gasteiger partial charge in [0.15, 0.2) is 0 Å². The molecular formula is C56H68Cl2N8O6S. The molecule has 5 heterocycles. The molecule has 4 fully saturated rings. The van der Waals surface area contributed by atoms with Gasteiger partial charge in [-0.3, -0.25) is 24.6 Å². The largest absolute Gasteiger partial charge is 0.496 e. The Hall–Kier alpha value is -5.32. The number of thiophene rings is 1. The Balaban J connectivity index is 0.720. The van der Waals surface area contributed by atoms with Gasteiger partial charge in [-0.1, -0.05) is 35.3 Å². The molecule has 1 aliphatic carbocycles. The Morgan fingerprint density at radius 3 is 2.36 bits per heavy atom. The lowest BCUT2D eigenvalue weighted by Crippen LogP contribution is -2.49. The van der Waals surface area contributed by atoms with E-state index in [1.165, 1.54) is 15.3 Å². The zero-order valence-corrected chi connectivity index (χ0v) is 45.0. The van der Waals surface area contributed by atoms with E-state index in [4.69, 9.17) is 42.6 Å². The highest BCUT2D eigenvalue weighted by molar-refractivity contribution is 7.10. The van der Waals surface area contributed by atoms with Crippen LogP contribution in [0.3, 0.4) is 0 Å². The van der Waals surface area contributed by atoms with Crippen LogP contribution in [0.2, 0.25) is 10.0 Å². The van der Waals surface area contributed by atoms with Crippen LogP contribution in [-0.4, -0.2) is 116 Å². The average molecular weight is 1050 g/mol. The van der Waals surface area contributed by atoms with Crippen molar-refractivity contribution in [3.63, 3.8) is 0 Å². The number of nitrogens with one attached hydrogen (secondary N) is 2. The number of likely N-dealkylation sites (tertiary alicyclic amines) is 2. The molecule has 4 aliphatic rings. The van der Waals surface area contributed by atoms with E-state index in [9.17, 15) is 19.2 Å². The number of carbonyl (C=O) groups excluding carboxylic acids is 4. The molecule has 388 valence electrons. The Labute approximate surface area is 443 Å². The van der Waals surface area contributed by atoms with E-state index < -0.39 is 6.03 Å². The first-order chi connectivity index (χ1) is 35.2. The van der Waals surface area contributed by atoms with E-state index in [1.54, 1.807) is 36.6 Å². The summed E-state index contributed by atoms with van der Waals surface area (Å²) in [4.78, 5) is 70.0. The number of amides is 5. The van der Waals surface area contributed by atoms with E-state index >= 15 is 0 Å². The summed E-state index contributed by atoms with van der Waals surface area (Å²) in [6.45, 7) is 9.33. The zero-order chi connectivity index (χ0) is 51.3. The predicted octanol–water partition coefficient (Wildman–Crippen LogP) is 11.1. The number of ether oxygens (including phenoxy) is 2. The SMILES string of the molecule is COc1cc2nc(C)nc(N[C@H](C)c3cc(-c4c(Cl)cccc4CN(C)C)cs3)c2cc1C1CCC(C(=O)N2CCC(CCOCC3CCN(C(=O)c4ccc(Cl)c(N5CCC(=O)NC5=O)c4)CC3)CC2)CC1. The Morgan fingerprint density at radius 1 is 0.890 bits per heavy atom. The number of benzene rings is 3. The molecular weight excluding hydrogens is 984 g/mol. The lowest BCUT2D eigenvalue weighted by atomic mass is 9.77. The fourth-order valence-corrected chi connectivity index (χ4v) is 12.7. The second-order valence-corrected chi connectivity index (χ2v) is 22.4. The van der Waals surface area contributed by atoms with E-state index in [1.807, 2.05) is 24.0 Å². The van der Waals surface area contributed by atoms with Gasteiger partial charge in [0.25, 0.3) is 5.91 Å². The minimum atomic E-state index is -0.537. The Bertz CT molecular complexity index is 2820. The summed E-state index contributed by atoms with van der Waals surface area (Å²) >= 11 is 14.9. The third-order valence-electron chi connectivity index (χ3n) is 15.3. The van der Waals surface area contributed by atoms with Gasteiger partial charge in [0.2, 0.25) is 11.8 Å². The van der Waals surface area contributed by atoms with Crippen molar-refractivity contribution in [3.8, 4) is 16.9 Å². The molecule has 14 nitrogen and oxygen atoms in total. The number of urea groups is 1. The number of fused-ring (bicyclic) bond motifs is 1. The maximum absolute atomic E-state index is 13.9. The minimum absolute atomic E-state index is 0.0169. The van der Waals surface area contributed by atoms with Crippen LogP contribution in [0.15, 0.2) is 60.0 Å². The fourth-order valence-electron chi connectivity index (χ4n) is 11.2. The van der Waals surface area contributed by atoms with Crippen molar-refractivity contribution in [2.24, 2.45) is 17.8 Å². The number of hydrogen-bond acceptors (Lipinski definition) is 11. The van der Waals surface area contributed by atoms with Crippen molar-refractivity contribution in [1.82, 2.24) is 30.0 Å². The molecule has 0 radical (unpaired) electrons. The molecule has 2 aromatic heterocycles. The fraction of sp³-hybridized carbons (Fsp3) is 0.500. The number of aromatic nitrogens is 2. The Kier molecular flexibility index (Phi) is 16.9. The summed E-state index contributed by atoms with van der Waals surface area (Å²) in [7, 11) is 5.87. The first kappa shape index (κ1) is 52.5. The maximum Gasteiger partial charge on any atom is 0.328 e. The van der Waals surface area contributed by atoms with Crippen LogP contribution < -0.4 is 20.3 Å². The molecule has 9 rings (SSSR count). The molecule has 0 spiro atoms. The van der Waals surface area contributed by atoms with E-state index in [2.05, 4.69) is 71.1 Å². The van der Waals surface area contributed by atoms with Crippen molar-refractivity contribution in [2.75, 3.05) is 77.4 Å². The molecule has 17 heteroatoms. The second-order valence-electron chi connectivity index (χ2n) is 20.7.